The lowest BCUT2D eigenvalue weighted by Gasteiger charge is -2.24. The molecule has 1 aliphatic rings. The number of hydrazine groups is 1. The van der Waals surface area contributed by atoms with Crippen molar-refractivity contribution in [1.82, 2.24) is 15.8 Å². The van der Waals surface area contributed by atoms with Gasteiger partial charge < -0.3 is 14.7 Å². The Balaban J connectivity index is 1.65. The summed E-state index contributed by atoms with van der Waals surface area (Å²) in [5.41, 5.74) is 7.37. The number of phenolic OH excluding ortho intramolecular Hbond substituents is 1. The van der Waals surface area contributed by atoms with Gasteiger partial charge in [0.05, 0.1) is 13.2 Å². The van der Waals surface area contributed by atoms with Crippen molar-refractivity contribution in [2.24, 2.45) is 0 Å². The zero-order chi connectivity index (χ0) is 18.5. The van der Waals surface area contributed by atoms with Gasteiger partial charge in [0.1, 0.15) is 11.8 Å². The zero-order valence-electron chi connectivity index (χ0n) is 15.1. The predicted molar refractivity (Wildman–Crippen MR) is 102 cm³/mol. The SMILES string of the molecule is COCCN(Cc1ccc(C)s1)C(=O)C1CC(c2ccc(O)cc2)NN1. The smallest absolute Gasteiger partial charge is 0.241 e. The van der Waals surface area contributed by atoms with E-state index in [1.807, 2.05) is 17.0 Å². The summed E-state index contributed by atoms with van der Waals surface area (Å²) in [4.78, 5) is 17.3. The first kappa shape index (κ1) is 18.8. The number of nitrogens with zero attached hydrogens (tertiary/aromatic N) is 1. The highest BCUT2D eigenvalue weighted by molar-refractivity contribution is 7.11. The second-order valence-electron chi connectivity index (χ2n) is 6.49. The zero-order valence-corrected chi connectivity index (χ0v) is 15.9. The molecule has 0 aliphatic carbocycles. The van der Waals surface area contributed by atoms with Gasteiger partial charge in [-0.05, 0) is 43.2 Å². The van der Waals surface area contributed by atoms with Crippen LogP contribution in [0.3, 0.4) is 0 Å². The molecule has 2 aromatic rings. The van der Waals surface area contributed by atoms with E-state index >= 15 is 0 Å². The van der Waals surface area contributed by atoms with E-state index in [0.717, 1.165) is 5.56 Å². The third-order valence-corrected chi connectivity index (χ3v) is 5.50. The van der Waals surface area contributed by atoms with Gasteiger partial charge in [0, 0.05) is 29.5 Å². The summed E-state index contributed by atoms with van der Waals surface area (Å²) in [6.45, 7) is 3.74. The highest BCUT2D eigenvalue weighted by Crippen LogP contribution is 2.25. The average molecular weight is 375 g/mol. The van der Waals surface area contributed by atoms with Crippen LogP contribution in [0.25, 0.3) is 0 Å². The quantitative estimate of drug-likeness (QED) is 0.693. The maximum absolute atomic E-state index is 13.0. The topological polar surface area (TPSA) is 73.8 Å². The van der Waals surface area contributed by atoms with Gasteiger partial charge in [0.25, 0.3) is 0 Å². The first-order valence-electron chi connectivity index (χ1n) is 8.70. The van der Waals surface area contributed by atoms with Gasteiger partial charge in [0.2, 0.25) is 5.91 Å². The molecule has 1 saturated heterocycles. The summed E-state index contributed by atoms with van der Waals surface area (Å²) in [5, 5.41) is 9.43. The molecule has 1 aromatic heterocycles. The maximum Gasteiger partial charge on any atom is 0.241 e. The molecular weight excluding hydrogens is 350 g/mol. The highest BCUT2D eigenvalue weighted by atomic mass is 32.1. The molecule has 6 nitrogen and oxygen atoms in total. The van der Waals surface area contributed by atoms with Gasteiger partial charge in [-0.1, -0.05) is 12.1 Å². The van der Waals surface area contributed by atoms with E-state index in [-0.39, 0.29) is 23.7 Å². The Kier molecular flexibility index (Phi) is 6.26. The van der Waals surface area contributed by atoms with E-state index in [0.29, 0.717) is 26.1 Å². The number of aryl methyl sites for hydroxylation is 1. The molecule has 3 rings (SSSR count). The van der Waals surface area contributed by atoms with Crippen LogP contribution in [0.5, 0.6) is 5.75 Å². The Morgan fingerprint density at radius 1 is 1.27 bits per heavy atom. The minimum Gasteiger partial charge on any atom is -0.508 e. The minimum atomic E-state index is -0.285. The van der Waals surface area contributed by atoms with E-state index in [4.69, 9.17) is 4.74 Å². The van der Waals surface area contributed by atoms with Gasteiger partial charge in [-0.15, -0.1) is 11.3 Å². The second-order valence-corrected chi connectivity index (χ2v) is 7.86. The third-order valence-electron chi connectivity index (χ3n) is 4.52. The van der Waals surface area contributed by atoms with Crippen LogP contribution in [0.2, 0.25) is 0 Å². The molecule has 0 bridgehead atoms. The first-order valence-corrected chi connectivity index (χ1v) is 9.51. The van der Waals surface area contributed by atoms with Crippen molar-refractivity contribution in [2.75, 3.05) is 20.3 Å². The molecule has 3 N–H and O–H groups in total. The number of benzene rings is 1. The minimum absolute atomic E-state index is 0.0396. The van der Waals surface area contributed by atoms with Gasteiger partial charge in [-0.2, -0.15) is 0 Å². The number of hydrogen-bond donors (Lipinski definition) is 3. The van der Waals surface area contributed by atoms with Gasteiger partial charge in [0.15, 0.2) is 0 Å². The number of rotatable bonds is 7. The normalized spacial score (nSPS) is 19.6. The van der Waals surface area contributed by atoms with Crippen LogP contribution < -0.4 is 10.9 Å². The number of methoxy groups -OCH3 is 1. The van der Waals surface area contributed by atoms with Gasteiger partial charge in [-0.25, -0.2) is 10.9 Å². The third kappa shape index (κ3) is 4.62. The van der Waals surface area contributed by atoms with Crippen LogP contribution in [-0.4, -0.2) is 42.2 Å². The number of thiophene rings is 1. The van der Waals surface area contributed by atoms with E-state index in [1.54, 1.807) is 30.6 Å². The molecule has 2 atom stereocenters. The monoisotopic (exact) mass is 375 g/mol. The molecule has 1 aliphatic heterocycles. The lowest BCUT2D eigenvalue weighted by atomic mass is 10.0. The lowest BCUT2D eigenvalue weighted by molar-refractivity contribution is -0.134. The fraction of sp³-hybridized carbons (Fsp3) is 0.421. The van der Waals surface area contributed by atoms with Crippen LogP contribution in [-0.2, 0) is 16.1 Å². The molecule has 0 saturated carbocycles. The Labute approximate surface area is 157 Å². The predicted octanol–water partition coefficient (Wildman–Crippen LogP) is 2.34. The number of nitrogens with one attached hydrogen (secondary N) is 2. The summed E-state index contributed by atoms with van der Waals surface area (Å²) in [7, 11) is 1.65. The average Bonchev–Trinajstić information content (AvgIpc) is 3.28. The lowest BCUT2D eigenvalue weighted by Crippen LogP contribution is -2.46. The number of aromatic hydroxyl groups is 1. The van der Waals surface area contributed by atoms with Crippen LogP contribution >= 0.6 is 11.3 Å². The standard InChI is InChI=1S/C19H25N3O3S/c1-13-3-8-16(26-13)12-22(9-10-25-2)19(24)18-11-17(20-21-18)14-4-6-15(23)7-5-14/h3-8,17-18,20-21,23H,9-12H2,1-2H3. The number of ether oxygens (including phenoxy) is 1. The molecule has 2 unspecified atom stereocenters. The molecule has 2 heterocycles. The van der Waals surface area contributed by atoms with Crippen molar-refractivity contribution in [3.63, 3.8) is 0 Å². The van der Waals surface area contributed by atoms with E-state index < -0.39 is 0 Å². The number of phenols is 1. The Morgan fingerprint density at radius 2 is 2.04 bits per heavy atom. The number of carbonyl (C=O) groups excluding carboxylic acids is 1. The second kappa shape index (κ2) is 8.64. The molecule has 0 spiro atoms. The van der Waals surface area contributed by atoms with Crippen LogP contribution in [0.1, 0.15) is 27.8 Å². The molecule has 1 amide bonds. The molecule has 7 heteroatoms. The Hall–Kier alpha value is -1.93. The summed E-state index contributed by atoms with van der Waals surface area (Å²) in [6.07, 6.45) is 0.663. The fourth-order valence-corrected chi connectivity index (χ4v) is 4.00. The Morgan fingerprint density at radius 3 is 2.69 bits per heavy atom. The number of amides is 1. The van der Waals surface area contributed by atoms with Crippen molar-refractivity contribution < 1.29 is 14.6 Å². The molecule has 1 aromatic carbocycles. The van der Waals surface area contributed by atoms with E-state index in [9.17, 15) is 9.90 Å². The van der Waals surface area contributed by atoms with Crippen LogP contribution in [0.4, 0.5) is 0 Å². The molecule has 0 radical (unpaired) electrons. The molecular formula is C19H25N3O3S. The molecule has 140 valence electrons. The van der Waals surface area contributed by atoms with Gasteiger partial charge in [-0.3, -0.25) is 4.79 Å². The van der Waals surface area contributed by atoms with Crippen molar-refractivity contribution >= 4 is 17.2 Å². The van der Waals surface area contributed by atoms with E-state index in [1.165, 1.54) is 9.75 Å². The highest BCUT2D eigenvalue weighted by Gasteiger charge is 2.33. The summed E-state index contributed by atoms with van der Waals surface area (Å²) >= 11 is 1.71. The molecule has 26 heavy (non-hydrogen) atoms. The maximum atomic E-state index is 13.0. The van der Waals surface area contributed by atoms with Crippen LogP contribution in [0.15, 0.2) is 36.4 Å². The van der Waals surface area contributed by atoms with Crippen molar-refractivity contribution in [1.29, 1.82) is 0 Å². The number of hydrogen-bond acceptors (Lipinski definition) is 6. The van der Waals surface area contributed by atoms with Crippen LogP contribution in [0, 0.1) is 6.92 Å². The van der Waals surface area contributed by atoms with Gasteiger partial charge >= 0.3 is 0 Å². The molecule has 1 fully saturated rings. The fourth-order valence-electron chi connectivity index (χ4n) is 3.09. The first-order chi connectivity index (χ1) is 12.6. The summed E-state index contributed by atoms with van der Waals surface area (Å²) < 4.78 is 5.18. The van der Waals surface area contributed by atoms with Crippen molar-refractivity contribution in [3.05, 3.63) is 51.7 Å². The summed E-state index contributed by atoms with van der Waals surface area (Å²) in [5.74, 6) is 0.311. The van der Waals surface area contributed by atoms with Crippen molar-refractivity contribution in [2.45, 2.75) is 32.0 Å². The van der Waals surface area contributed by atoms with E-state index in [2.05, 4.69) is 29.9 Å². The largest absolute Gasteiger partial charge is 0.508 e. The summed E-state index contributed by atoms with van der Waals surface area (Å²) in [6, 6.07) is 11.0. The number of carbonyl (C=O) groups is 1. The van der Waals surface area contributed by atoms with Crippen molar-refractivity contribution in [3.8, 4) is 5.75 Å². The Bertz CT molecular complexity index is 732.